The summed E-state index contributed by atoms with van der Waals surface area (Å²) in [4.78, 5) is 11.7. The number of carbonyl (C=O) groups is 1. The van der Waals surface area contributed by atoms with E-state index in [4.69, 9.17) is 6.42 Å². The molecule has 1 fully saturated rings. The molecule has 1 saturated carbocycles. The second-order valence-electron chi connectivity index (χ2n) is 5.03. The van der Waals surface area contributed by atoms with Crippen LogP contribution in [0.25, 0.3) is 0 Å². The van der Waals surface area contributed by atoms with Gasteiger partial charge in [0, 0.05) is 6.04 Å². The molecule has 3 unspecified atom stereocenters. The highest BCUT2D eigenvalue weighted by molar-refractivity contribution is 5.81. The topological polar surface area (TPSA) is 41.1 Å². The lowest BCUT2D eigenvalue weighted by atomic mass is 9.96. The predicted molar refractivity (Wildman–Crippen MR) is 70.5 cm³/mol. The first-order valence-corrected chi connectivity index (χ1v) is 6.62. The van der Waals surface area contributed by atoms with Crippen molar-refractivity contribution in [3.05, 3.63) is 0 Å². The van der Waals surface area contributed by atoms with Crippen molar-refractivity contribution in [2.75, 3.05) is 6.54 Å². The van der Waals surface area contributed by atoms with Gasteiger partial charge < -0.3 is 10.6 Å². The average Bonchev–Trinajstić information content (AvgIpc) is 2.52. The van der Waals surface area contributed by atoms with Gasteiger partial charge in [-0.3, -0.25) is 4.79 Å². The molecule has 3 atom stereocenters. The molecule has 1 amide bonds. The van der Waals surface area contributed by atoms with Crippen molar-refractivity contribution in [2.45, 2.75) is 58.0 Å². The van der Waals surface area contributed by atoms with Crippen LogP contribution in [0.5, 0.6) is 0 Å². The number of carbonyl (C=O) groups excluding carboxylic acids is 1. The monoisotopic (exact) mass is 236 g/mol. The molecule has 0 saturated heterocycles. The Morgan fingerprint density at radius 3 is 2.82 bits per heavy atom. The van der Waals surface area contributed by atoms with Crippen molar-refractivity contribution in [1.82, 2.24) is 10.6 Å². The molecule has 1 aliphatic carbocycles. The number of rotatable bonds is 4. The van der Waals surface area contributed by atoms with E-state index in [1.807, 2.05) is 6.92 Å². The second kappa shape index (κ2) is 7.34. The van der Waals surface area contributed by atoms with Crippen LogP contribution in [0, 0.1) is 18.3 Å². The highest BCUT2D eigenvalue weighted by Crippen LogP contribution is 2.23. The fraction of sp³-hybridized carbons (Fsp3) is 0.786. The minimum atomic E-state index is -0.158. The number of hydrogen-bond donors (Lipinski definition) is 2. The van der Waals surface area contributed by atoms with Crippen LogP contribution in [0.4, 0.5) is 0 Å². The molecule has 0 aromatic heterocycles. The molecule has 3 heteroatoms. The quantitative estimate of drug-likeness (QED) is 0.576. The lowest BCUT2D eigenvalue weighted by Gasteiger charge is -2.26. The van der Waals surface area contributed by atoms with Gasteiger partial charge in [0.1, 0.15) is 0 Å². The summed E-state index contributed by atoms with van der Waals surface area (Å²) in [6.07, 6.45) is 11.5. The number of terminal acetylenes is 1. The van der Waals surface area contributed by atoms with Crippen molar-refractivity contribution in [1.29, 1.82) is 0 Å². The fourth-order valence-electron chi connectivity index (χ4n) is 2.43. The van der Waals surface area contributed by atoms with Gasteiger partial charge in [-0.25, -0.2) is 0 Å². The van der Waals surface area contributed by atoms with E-state index in [0.717, 1.165) is 0 Å². The summed E-state index contributed by atoms with van der Waals surface area (Å²) in [5.41, 5.74) is 0. The molecule has 0 bridgehead atoms. The van der Waals surface area contributed by atoms with E-state index < -0.39 is 0 Å². The van der Waals surface area contributed by atoms with Gasteiger partial charge >= 0.3 is 0 Å². The smallest absolute Gasteiger partial charge is 0.237 e. The molecule has 0 aromatic rings. The zero-order chi connectivity index (χ0) is 12.7. The van der Waals surface area contributed by atoms with Crippen LogP contribution in [-0.4, -0.2) is 24.5 Å². The van der Waals surface area contributed by atoms with Crippen LogP contribution in [0.2, 0.25) is 0 Å². The summed E-state index contributed by atoms with van der Waals surface area (Å²) in [7, 11) is 0. The predicted octanol–water partition coefficient (Wildman–Crippen LogP) is 1.68. The number of hydrogen-bond acceptors (Lipinski definition) is 2. The first kappa shape index (κ1) is 14.1. The van der Waals surface area contributed by atoms with E-state index in [2.05, 4.69) is 23.5 Å². The van der Waals surface area contributed by atoms with Gasteiger partial charge in [-0.2, -0.15) is 0 Å². The van der Waals surface area contributed by atoms with E-state index in [-0.39, 0.29) is 11.9 Å². The van der Waals surface area contributed by atoms with Gasteiger partial charge in [0.05, 0.1) is 12.6 Å². The Morgan fingerprint density at radius 1 is 1.41 bits per heavy atom. The molecule has 1 rings (SSSR count). The molecule has 1 aliphatic rings. The molecule has 0 aliphatic heterocycles. The van der Waals surface area contributed by atoms with Gasteiger partial charge in [-0.1, -0.05) is 32.1 Å². The largest absolute Gasteiger partial charge is 0.344 e. The van der Waals surface area contributed by atoms with E-state index in [9.17, 15) is 4.79 Å². The van der Waals surface area contributed by atoms with Crippen molar-refractivity contribution in [3.8, 4) is 12.3 Å². The van der Waals surface area contributed by atoms with Crippen molar-refractivity contribution in [3.63, 3.8) is 0 Å². The van der Waals surface area contributed by atoms with Gasteiger partial charge in [0.2, 0.25) is 5.91 Å². The third kappa shape index (κ3) is 4.79. The van der Waals surface area contributed by atoms with Gasteiger partial charge in [-0.05, 0) is 25.7 Å². The third-order valence-corrected chi connectivity index (χ3v) is 3.58. The maximum atomic E-state index is 11.7. The molecule has 0 aromatic carbocycles. The SMILES string of the molecule is C#CCNC(=O)C(C)NC1CCCCCC1C. The highest BCUT2D eigenvalue weighted by atomic mass is 16.2. The summed E-state index contributed by atoms with van der Waals surface area (Å²) in [5.74, 6) is 3.07. The lowest BCUT2D eigenvalue weighted by Crippen LogP contribution is -2.48. The average molecular weight is 236 g/mol. The lowest BCUT2D eigenvalue weighted by molar-refractivity contribution is -0.122. The first-order valence-electron chi connectivity index (χ1n) is 6.62. The van der Waals surface area contributed by atoms with Crippen molar-refractivity contribution >= 4 is 5.91 Å². The molecular formula is C14H24N2O. The Kier molecular flexibility index (Phi) is 6.07. The van der Waals surface area contributed by atoms with Crippen LogP contribution in [-0.2, 0) is 4.79 Å². The van der Waals surface area contributed by atoms with Crippen LogP contribution in [0.15, 0.2) is 0 Å². The van der Waals surface area contributed by atoms with Gasteiger partial charge in [-0.15, -0.1) is 6.42 Å². The molecule has 2 N–H and O–H groups in total. The second-order valence-corrected chi connectivity index (χ2v) is 5.03. The first-order chi connectivity index (χ1) is 8.15. The Bertz CT molecular complexity index is 282. The Labute approximate surface area is 105 Å². The summed E-state index contributed by atoms with van der Waals surface area (Å²) >= 11 is 0. The van der Waals surface area contributed by atoms with E-state index in [0.29, 0.717) is 18.5 Å². The summed E-state index contributed by atoms with van der Waals surface area (Å²) < 4.78 is 0. The molecule has 3 nitrogen and oxygen atoms in total. The van der Waals surface area contributed by atoms with Crippen LogP contribution in [0.1, 0.15) is 46.0 Å². The minimum absolute atomic E-state index is 0.000558. The Balaban J connectivity index is 2.40. The minimum Gasteiger partial charge on any atom is -0.344 e. The molecule has 0 heterocycles. The Hall–Kier alpha value is -1.01. The maximum absolute atomic E-state index is 11.7. The molecule has 96 valence electrons. The standard InChI is InChI=1S/C14H24N2O/c1-4-10-15-14(17)12(3)16-13-9-7-5-6-8-11(13)2/h1,11-13,16H,5-10H2,2-3H3,(H,15,17). The molecule has 17 heavy (non-hydrogen) atoms. The number of amides is 1. The molecular weight excluding hydrogens is 212 g/mol. The molecule has 0 radical (unpaired) electrons. The van der Waals surface area contributed by atoms with E-state index >= 15 is 0 Å². The fourth-order valence-corrected chi connectivity index (χ4v) is 2.43. The zero-order valence-corrected chi connectivity index (χ0v) is 11.0. The van der Waals surface area contributed by atoms with Crippen LogP contribution < -0.4 is 10.6 Å². The highest BCUT2D eigenvalue weighted by Gasteiger charge is 2.23. The summed E-state index contributed by atoms with van der Waals surface area (Å²) in [6.45, 7) is 4.49. The van der Waals surface area contributed by atoms with E-state index in [1.165, 1.54) is 32.1 Å². The summed E-state index contributed by atoms with van der Waals surface area (Å²) in [5, 5.41) is 6.15. The van der Waals surface area contributed by atoms with Crippen molar-refractivity contribution < 1.29 is 4.79 Å². The van der Waals surface area contributed by atoms with E-state index in [1.54, 1.807) is 0 Å². The normalized spacial score (nSPS) is 26.6. The molecule has 0 spiro atoms. The van der Waals surface area contributed by atoms with Crippen LogP contribution in [0.3, 0.4) is 0 Å². The van der Waals surface area contributed by atoms with Crippen LogP contribution >= 0.6 is 0 Å². The Morgan fingerprint density at radius 2 is 2.12 bits per heavy atom. The number of nitrogens with one attached hydrogen (secondary N) is 2. The zero-order valence-electron chi connectivity index (χ0n) is 11.0. The van der Waals surface area contributed by atoms with Crippen molar-refractivity contribution in [2.24, 2.45) is 5.92 Å². The summed E-state index contributed by atoms with van der Waals surface area (Å²) in [6, 6.07) is 0.304. The third-order valence-electron chi connectivity index (χ3n) is 3.58. The van der Waals surface area contributed by atoms with Gasteiger partial charge in [0.15, 0.2) is 0 Å². The van der Waals surface area contributed by atoms with Gasteiger partial charge in [0.25, 0.3) is 0 Å². The maximum Gasteiger partial charge on any atom is 0.237 e.